The predicted octanol–water partition coefficient (Wildman–Crippen LogP) is 5.03. The van der Waals surface area contributed by atoms with Crippen molar-refractivity contribution in [3.8, 4) is 0 Å². The highest BCUT2D eigenvalue weighted by molar-refractivity contribution is 6.01. The van der Waals surface area contributed by atoms with Gasteiger partial charge in [-0.15, -0.1) is 0 Å². The molecule has 7 heteroatoms. The summed E-state index contributed by atoms with van der Waals surface area (Å²) in [4.78, 5) is 30.2. The lowest BCUT2D eigenvalue weighted by molar-refractivity contribution is 0.0729. The van der Waals surface area contributed by atoms with Crippen molar-refractivity contribution in [2.45, 2.75) is 45.4 Å². The molecule has 1 spiro atoms. The van der Waals surface area contributed by atoms with Crippen molar-refractivity contribution in [2.75, 3.05) is 31.5 Å². The Bertz CT molecular complexity index is 1260. The smallest absolute Gasteiger partial charge is 0.321 e. The Hall–Kier alpha value is -3.35. The molecule has 35 heavy (non-hydrogen) atoms. The van der Waals surface area contributed by atoms with Gasteiger partial charge in [0, 0.05) is 44.0 Å². The highest BCUT2D eigenvalue weighted by atomic mass is 16.2. The fourth-order valence-corrected chi connectivity index (χ4v) is 5.43. The number of amides is 3. The number of carbonyl (C=O) groups excluding carboxylic acids is 2. The number of carbonyl (C=O) groups is 2. The number of likely N-dealkylation sites (tertiary alicyclic amines) is 2. The van der Waals surface area contributed by atoms with Crippen molar-refractivity contribution in [3.63, 3.8) is 0 Å². The van der Waals surface area contributed by atoms with Gasteiger partial charge in [-0.25, -0.2) is 4.79 Å². The summed E-state index contributed by atoms with van der Waals surface area (Å²) in [5.41, 5.74) is 2.43. The van der Waals surface area contributed by atoms with Gasteiger partial charge in [-0.1, -0.05) is 57.2 Å². The van der Waals surface area contributed by atoms with Gasteiger partial charge >= 0.3 is 6.03 Å². The molecule has 3 amide bonds. The lowest BCUT2D eigenvalue weighted by atomic mass is 9.78. The number of aromatic nitrogens is 2. The first-order chi connectivity index (χ1) is 16.7. The second kappa shape index (κ2) is 8.70. The molecule has 1 aromatic heterocycles. The number of anilines is 1. The van der Waals surface area contributed by atoms with Gasteiger partial charge in [0.2, 0.25) is 0 Å². The molecule has 2 saturated heterocycles. The Morgan fingerprint density at radius 3 is 2.29 bits per heavy atom. The van der Waals surface area contributed by atoms with Crippen LogP contribution in [0.4, 0.5) is 10.5 Å². The van der Waals surface area contributed by atoms with E-state index in [0.29, 0.717) is 18.8 Å². The number of piperidine rings is 1. The number of urea groups is 1. The number of nitrogens with zero attached hydrogens (tertiary/aromatic N) is 4. The molecule has 2 aromatic carbocycles. The van der Waals surface area contributed by atoms with Gasteiger partial charge in [-0.05, 0) is 42.2 Å². The number of hydrogen-bond acceptors (Lipinski definition) is 3. The third-order valence-corrected chi connectivity index (χ3v) is 7.74. The zero-order valence-corrected chi connectivity index (χ0v) is 21.2. The van der Waals surface area contributed by atoms with Gasteiger partial charge in [0.25, 0.3) is 5.91 Å². The molecule has 2 fully saturated rings. The van der Waals surface area contributed by atoms with Crippen LogP contribution in [0.3, 0.4) is 0 Å². The monoisotopic (exact) mass is 473 g/mol. The number of aryl methyl sites for hydroxylation is 1. The van der Waals surface area contributed by atoms with E-state index in [0.717, 1.165) is 54.5 Å². The van der Waals surface area contributed by atoms with E-state index in [1.165, 1.54) is 0 Å². The molecule has 0 aliphatic carbocycles. The topological polar surface area (TPSA) is 70.5 Å². The standard InChI is InChI=1S/C28H35N5O2/c1-27(2,3)24-18-23(31(4)30-24)25(34)33-17-14-28(19-33)12-15-32(16-13-28)26(35)29-22-11-7-9-20-8-5-6-10-21(20)22/h5-11,18H,12-17,19H2,1-4H3,(H,29,35). The molecule has 184 valence electrons. The van der Waals surface area contributed by atoms with Gasteiger partial charge in [0.05, 0.1) is 11.4 Å². The van der Waals surface area contributed by atoms with Gasteiger partial charge in [-0.3, -0.25) is 9.48 Å². The minimum absolute atomic E-state index is 0.0493. The maximum atomic E-state index is 13.3. The number of benzene rings is 2. The van der Waals surface area contributed by atoms with Gasteiger partial charge in [-0.2, -0.15) is 5.10 Å². The normalized spacial score (nSPS) is 17.8. The highest BCUT2D eigenvalue weighted by Gasteiger charge is 2.43. The number of fused-ring (bicyclic) bond motifs is 1. The number of hydrogen-bond donors (Lipinski definition) is 1. The lowest BCUT2D eigenvalue weighted by Crippen LogP contribution is -2.46. The molecule has 5 rings (SSSR count). The summed E-state index contributed by atoms with van der Waals surface area (Å²) < 4.78 is 1.72. The van der Waals surface area contributed by atoms with Gasteiger partial charge in [0.15, 0.2) is 0 Å². The van der Waals surface area contributed by atoms with E-state index in [2.05, 4.69) is 43.3 Å². The highest BCUT2D eigenvalue weighted by Crippen LogP contribution is 2.41. The van der Waals surface area contributed by atoms with E-state index < -0.39 is 0 Å². The van der Waals surface area contributed by atoms with Crippen LogP contribution in [0.2, 0.25) is 0 Å². The molecular weight excluding hydrogens is 438 g/mol. The van der Waals surface area contributed by atoms with Crippen molar-refractivity contribution in [3.05, 3.63) is 59.9 Å². The maximum Gasteiger partial charge on any atom is 0.321 e. The maximum absolute atomic E-state index is 13.3. The lowest BCUT2D eigenvalue weighted by Gasteiger charge is -2.39. The Kier molecular flexibility index (Phi) is 5.82. The van der Waals surface area contributed by atoms with Crippen molar-refractivity contribution in [1.82, 2.24) is 19.6 Å². The van der Waals surface area contributed by atoms with Crippen LogP contribution in [0.15, 0.2) is 48.5 Å². The summed E-state index contributed by atoms with van der Waals surface area (Å²) in [6, 6.07) is 16.0. The predicted molar refractivity (Wildman–Crippen MR) is 139 cm³/mol. The summed E-state index contributed by atoms with van der Waals surface area (Å²) in [7, 11) is 1.85. The molecule has 0 radical (unpaired) electrons. The molecule has 2 aliphatic rings. The molecule has 0 atom stereocenters. The average molecular weight is 474 g/mol. The summed E-state index contributed by atoms with van der Waals surface area (Å²) in [6.07, 6.45) is 2.82. The number of nitrogens with one attached hydrogen (secondary N) is 1. The van der Waals surface area contributed by atoms with E-state index in [4.69, 9.17) is 0 Å². The van der Waals surface area contributed by atoms with E-state index >= 15 is 0 Å². The quantitative estimate of drug-likeness (QED) is 0.567. The zero-order chi connectivity index (χ0) is 24.8. The summed E-state index contributed by atoms with van der Waals surface area (Å²) in [5, 5.41) is 9.85. The van der Waals surface area contributed by atoms with Crippen molar-refractivity contribution in [1.29, 1.82) is 0 Å². The van der Waals surface area contributed by atoms with Crippen molar-refractivity contribution >= 4 is 28.4 Å². The molecule has 0 unspecified atom stereocenters. The molecule has 0 bridgehead atoms. The van der Waals surface area contributed by atoms with E-state index in [9.17, 15) is 9.59 Å². The molecule has 3 aromatic rings. The second-order valence-electron chi connectivity index (χ2n) is 11.2. The van der Waals surface area contributed by atoms with Gasteiger partial charge in [0.1, 0.15) is 5.69 Å². The van der Waals surface area contributed by atoms with E-state index in [1.807, 2.05) is 53.2 Å². The van der Waals surface area contributed by atoms with Gasteiger partial charge < -0.3 is 15.1 Å². The van der Waals surface area contributed by atoms with Crippen LogP contribution in [-0.2, 0) is 12.5 Å². The zero-order valence-electron chi connectivity index (χ0n) is 21.2. The Morgan fingerprint density at radius 2 is 1.60 bits per heavy atom. The minimum atomic E-state index is -0.0953. The third kappa shape index (κ3) is 4.51. The molecule has 1 N–H and O–H groups in total. The first kappa shape index (κ1) is 23.4. The second-order valence-corrected chi connectivity index (χ2v) is 11.2. The number of rotatable bonds is 2. The molecule has 2 aliphatic heterocycles. The van der Waals surface area contributed by atoms with Crippen LogP contribution in [-0.4, -0.2) is 57.7 Å². The summed E-state index contributed by atoms with van der Waals surface area (Å²) >= 11 is 0. The molecule has 7 nitrogen and oxygen atoms in total. The third-order valence-electron chi connectivity index (χ3n) is 7.74. The Labute approximate surface area is 207 Å². The van der Waals surface area contributed by atoms with E-state index in [-0.39, 0.29) is 22.8 Å². The molecule has 3 heterocycles. The fourth-order valence-electron chi connectivity index (χ4n) is 5.43. The summed E-state index contributed by atoms with van der Waals surface area (Å²) in [6.45, 7) is 9.25. The largest absolute Gasteiger partial charge is 0.337 e. The van der Waals surface area contributed by atoms with Crippen LogP contribution in [0, 0.1) is 5.41 Å². The van der Waals surface area contributed by atoms with E-state index in [1.54, 1.807) is 4.68 Å². The SMILES string of the molecule is Cn1nc(C(C)(C)C)cc1C(=O)N1CCC2(CCN(C(=O)Nc3cccc4ccccc34)CC2)C1. The Morgan fingerprint density at radius 1 is 0.943 bits per heavy atom. The fraction of sp³-hybridized carbons (Fsp3) is 0.464. The Balaban J connectivity index is 1.21. The summed E-state index contributed by atoms with van der Waals surface area (Å²) in [5.74, 6) is 0.0588. The van der Waals surface area contributed by atoms with Crippen LogP contribution in [0.5, 0.6) is 0 Å². The average Bonchev–Trinajstić information content (AvgIpc) is 3.43. The van der Waals surface area contributed by atoms with Crippen LogP contribution in [0.25, 0.3) is 10.8 Å². The molecule has 0 saturated carbocycles. The van der Waals surface area contributed by atoms with Crippen LogP contribution in [0.1, 0.15) is 56.2 Å². The van der Waals surface area contributed by atoms with Crippen LogP contribution >= 0.6 is 0 Å². The first-order valence-corrected chi connectivity index (χ1v) is 12.5. The first-order valence-electron chi connectivity index (χ1n) is 12.5. The van der Waals surface area contributed by atoms with Crippen molar-refractivity contribution < 1.29 is 9.59 Å². The minimum Gasteiger partial charge on any atom is -0.337 e. The van der Waals surface area contributed by atoms with Crippen molar-refractivity contribution in [2.24, 2.45) is 12.5 Å². The molecular formula is C28H35N5O2. The van der Waals surface area contributed by atoms with Crippen LogP contribution < -0.4 is 5.32 Å².